The SMILES string of the molecule is Nc1nc(C(=NO)C(=O)NC2C(=O)N3C(C(=O)[O-])=C(C[n+]4ccc5occc5c4)CS[C@H]23)cs1. The van der Waals surface area contributed by atoms with Crippen molar-refractivity contribution in [2.75, 3.05) is 11.5 Å². The number of nitrogen functional groups attached to an aromatic ring is 1. The quantitative estimate of drug-likeness (QED) is 0.126. The molecule has 2 amide bonds. The third-order valence-corrected chi connectivity index (χ3v) is 7.44. The lowest BCUT2D eigenvalue weighted by Crippen LogP contribution is -2.71. The minimum atomic E-state index is -1.47. The smallest absolute Gasteiger partial charge is 0.276 e. The Morgan fingerprint density at radius 3 is 2.97 bits per heavy atom. The van der Waals surface area contributed by atoms with E-state index in [1.54, 1.807) is 29.2 Å². The van der Waals surface area contributed by atoms with E-state index in [1.165, 1.54) is 17.1 Å². The van der Waals surface area contributed by atoms with Crippen LogP contribution in [0, 0.1) is 0 Å². The van der Waals surface area contributed by atoms with E-state index in [9.17, 15) is 24.7 Å². The molecule has 174 valence electrons. The number of anilines is 1. The molecule has 0 radical (unpaired) electrons. The second kappa shape index (κ2) is 8.46. The van der Waals surface area contributed by atoms with Crippen LogP contribution >= 0.6 is 23.1 Å². The highest BCUT2D eigenvalue weighted by Crippen LogP contribution is 2.40. The molecular weight excluding hydrogens is 484 g/mol. The maximum atomic E-state index is 12.9. The van der Waals surface area contributed by atoms with Crippen LogP contribution in [0.1, 0.15) is 5.69 Å². The number of nitrogens with two attached hydrogens (primary N) is 1. The van der Waals surface area contributed by atoms with E-state index in [-0.39, 0.29) is 23.1 Å². The van der Waals surface area contributed by atoms with Gasteiger partial charge in [0.1, 0.15) is 22.7 Å². The van der Waals surface area contributed by atoms with Gasteiger partial charge in [-0.2, -0.15) is 0 Å². The van der Waals surface area contributed by atoms with Crippen LogP contribution in [0.2, 0.25) is 0 Å². The Hall–Kier alpha value is -3.91. The molecule has 0 spiro atoms. The van der Waals surface area contributed by atoms with E-state index in [0.717, 1.165) is 21.6 Å². The summed E-state index contributed by atoms with van der Waals surface area (Å²) in [6, 6.07) is 2.56. The van der Waals surface area contributed by atoms with Crippen molar-refractivity contribution < 1.29 is 33.7 Å². The summed E-state index contributed by atoms with van der Waals surface area (Å²) in [5, 5.41) is 28.5. The Morgan fingerprint density at radius 2 is 2.26 bits per heavy atom. The minimum absolute atomic E-state index is 0.0617. The third kappa shape index (κ3) is 3.66. The Labute approximate surface area is 199 Å². The van der Waals surface area contributed by atoms with E-state index >= 15 is 0 Å². The number of aliphatic carboxylic acids is 1. The van der Waals surface area contributed by atoms with Gasteiger partial charge in [0.25, 0.3) is 11.8 Å². The molecule has 4 N–H and O–H groups in total. The summed E-state index contributed by atoms with van der Waals surface area (Å²) in [6.07, 6.45) is 5.13. The second-order valence-corrected chi connectivity index (χ2v) is 9.47. The number of nitrogens with one attached hydrogen (secondary N) is 1. The molecule has 2 atom stereocenters. The van der Waals surface area contributed by atoms with Crippen molar-refractivity contribution in [3.63, 3.8) is 0 Å². The standard InChI is InChI=1S/C20H16N6O6S2/c21-20-22-11(8-34-20)13(24-31)16(27)23-14-17(28)26-15(19(29)30)10(7-33-18(14)26)6-25-3-1-12-9(5-25)2-4-32-12/h1-5,8,14,18H,6-7H2,(H4-,21,22,23,27,29,30,31)/t14?,18-/m1/s1. The van der Waals surface area contributed by atoms with Gasteiger partial charge in [0.15, 0.2) is 29.8 Å². The number of pyridine rings is 1. The molecule has 12 nitrogen and oxygen atoms in total. The fourth-order valence-electron chi connectivity index (χ4n) is 3.89. The van der Waals surface area contributed by atoms with Crippen LogP contribution in [-0.4, -0.2) is 55.8 Å². The fraction of sp³-hybridized carbons (Fsp3) is 0.200. The first kappa shape index (κ1) is 21.9. The number of nitrogens with zero attached hydrogens (tertiary/aromatic N) is 4. The van der Waals surface area contributed by atoms with Crippen LogP contribution in [-0.2, 0) is 20.9 Å². The number of β-lactam (4-membered cyclic amide) rings is 1. The number of amides is 2. The zero-order valence-corrected chi connectivity index (χ0v) is 18.8. The second-order valence-electron chi connectivity index (χ2n) is 7.48. The summed E-state index contributed by atoms with van der Waals surface area (Å²) in [5.41, 5.74) is 6.21. The number of thioether (sulfide) groups is 1. The maximum absolute atomic E-state index is 12.9. The van der Waals surface area contributed by atoms with E-state index in [0.29, 0.717) is 16.9 Å². The molecule has 5 heterocycles. The van der Waals surface area contributed by atoms with Crippen LogP contribution in [0.5, 0.6) is 0 Å². The number of carboxylic acid groups (broad SMARTS) is 1. The number of carbonyl (C=O) groups excluding carboxylic acids is 3. The number of carbonyl (C=O) groups is 3. The topological polar surface area (TPSA) is 178 Å². The Balaban J connectivity index is 1.35. The summed E-state index contributed by atoms with van der Waals surface area (Å²) < 4.78 is 7.12. The van der Waals surface area contributed by atoms with Crippen LogP contribution in [0.3, 0.4) is 0 Å². The van der Waals surface area contributed by atoms with Crippen molar-refractivity contribution in [2.24, 2.45) is 5.16 Å². The van der Waals surface area contributed by atoms with Gasteiger partial charge in [-0.25, -0.2) is 9.55 Å². The largest absolute Gasteiger partial charge is 0.543 e. The van der Waals surface area contributed by atoms with E-state index < -0.39 is 34.9 Å². The molecule has 0 saturated carbocycles. The first-order chi connectivity index (χ1) is 16.4. The summed E-state index contributed by atoms with van der Waals surface area (Å²) in [5.74, 6) is -2.60. The highest BCUT2D eigenvalue weighted by atomic mass is 32.2. The van der Waals surface area contributed by atoms with Gasteiger partial charge in [-0.3, -0.25) is 14.5 Å². The van der Waals surface area contributed by atoms with E-state index in [4.69, 9.17) is 10.2 Å². The average Bonchev–Trinajstić information content (AvgIpc) is 3.46. The van der Waals surface area contributed by atoms with Gasteiger partial charge >= 0.3 is 0 Å². The molecule has 1 unspecified atom stereocenters. The summed E-state index contributed by atoms with van der Waals surface area (Å²) >= 11 is 2.37. The zero-order valence-electron chi connectivity index (χ0n) is 17.2. The molecule has 1 fully saturated rings. The maximum Gasteiger partial charge on any atom is 0.276 e. The number of oxime groups is 1. The molecule has 3 aromatic heterocycles. The van der Waals surface area contributed by atoms with E-state index in [2.05, 4.69) is 15.5 Å². The van der Waals surface area contributed by atoms with E-state index in [1.807, 2.05) is 6.20 Å². The number of hydrogen-bond donors (Lipinski definition) is 3. The van der Waals surface area contributed by atoms with Crippen molar-refractivity contribution >= 4 is 62.7 Å². The number of aromatic nitrogens is 2. The minimum Gasteiger partial charge on any atom is -0.543 e. The highest BCUT2D eigenvalue weighted by molar-refractivity contribution is 8.00. The summed E-state index contributed by atoms with van der Waals surface area (Å²) in [7, 11) is 0. The number of thiazole rings is 1. The number of carboxylic acids is 1. The van der Waals surface area contributed by atoms with Gasteiger partial charge < -0.3 is 30.6 Å². The van der Waals surface area contributed by atoms with Crippen molar-refractivity contribution in [2.45, 2.75) is 18.0 Å². The lowest BCUT2D eigenvalue weighted by molar-refractivity contribution is -0.687. The molecule has 2 aliphatic rings. The van der Waals surface area contributed by atoms with Crippen LogP contribution in [0.4, 0.5) is 5.13 Å². The lowest BCUT2D eigenvalue weighted by atomic mass is 10.0. The molecule has 3 aromatic rings. The third-order valence-electron chi connectivity index (χ3n) is 5.43. The van der Waals surface area contributed by atoms with Crippen LogP contribution < -0.4 is 20.7 Å². The first-order valence-corrected chi connectivity index (χ1v) is 11.8. The van der Waals surface area contributed by atoms with Gasteiger partial charge in [-0.05, 0) is 6.07 Å². The van der Waals surface area contributed by atoms with Gasteiger partial charge in [-0.1, -0.05) is 5.16 Å². The van der Waals surface area contributed by atoms with Crippen molar-refractivity contribution in [3.8, 4) is 0 Å². The lowest BCUT2D eigenvalue weighted by Gasteiger charge is -2.50. The molecule has 14 heteroatoms. The van der Waals surface area contributed by atoms with Crippen molar-refractivity contribution in [1.29, 1.82) is 0 Å². The molecule has 2 aliphatic heterocycles. The summed E-state index contributed by atoms with van der Waals surface area (Å²) in [4.78, 5) is 42.5. The van der Waals surface area contributed by atoms with Crippen LogP contribution in [0.25, 0.3) is 11.0 Å². The predicted molar refractivity (Wildman–Crippen MR) is 118 cm³/mol. The zero-order chi connectivity index (χ0) is 24.0. The van der Waals surface area contributed by atoms with Crippen molar-refractivity contribution in [3.05, 3.63) is 53.1 Å². The van der Waals surface area contributed by atoms with Gasteiger partial charge in [0.05, 0.1) is 23.3 Å². The molecule has 0 aromatic carbocycles. The first-order valence-electron chi connectivity index (χ1n) is 9.86. The molecule has 34 heavy (non-hydrogen) atoms. The van der Waals surface area contributed by atoms with Crippen molar-refractivity contribution in [1.82, 2.24) is 15.2 Å². The van der Waals surface area contributed by atoms with Gasteiger partial charge in [-0.15, -0.1) is 23.1 Å². The Kier molecular flexibility index (Phi) is 5.45. The molecule has 1 saturated heterocycles. The van der Waals surface area contributed by atoms with Gasteiger partial charge in [0.2, 0.25) is 0 Å². The average molecular weight is 501 g/mol. The predicted octanol–water partition coefficient (Wildman–Crippen LogP) is -0.959. The Bertz CT molecular complexity index is 1390. The Morgan fingerprint density at radius 1 is 1.44 bits per heavy atom. The van der Waals surface area contributed by atoms with Gasteiger partial charge in [0, 0.05) is 22.8 Å². The number of rotatable bonds is 6. The monoisotopic (exact) mass is 500 g/mol. The highest BCUT2D eigenvalue weighted by Gasteiger charge is 2.53. The molecule has 0 aliphatic carbocycles. The number of fused-ring (bicyclic) bond motifs is 2. The fourth-order valence-corrected chi connectivity index (χ4v) is 5.77. The molecular formula is C20H16N6O6S2. The van der Waals surface area contributed by atoms with Crippen LogP contribution in [0.15, 0.2) is 57.0 Å². The number of hydrogen-bond acceptors (Lipinski definition) is 11. The normalized spacial score (nSPS) is 20.3. The molecule has 5 rings (SSSR count). The molecule has 0 bridgehead atoms. The summed E-state index contributed by atoms with van der Waals surface area (Å²) in [6.45, 7) is 0.234. The number of furan rings is 1.